The van der Waals surface area contributed by atoms with Crippen molar-refractivity contribution in [2.24, 2.45) is 0 Å². The molecule has 100 valence electrons. The minimum absolute atomic E-state index is 0.311. The molecule has 0 aliphatic carbocycles. The van der Waals surface area contributed by atoms with Crippen LogP contribution in [0.2, 0.25) is 10.2 Å². The van der Waals surface area contributed by atoms with Crippen LogP contribution in [-0.2, 0) is 0 Å². The van der Waals surface area contributed by atoms with Crippen LogP contribution in [0.5, 0.6) is 5.75 Å². The molecule has 3 aromatic rings. The molecule has 0 saturated carbocycles. The van der Waals surface area contributed by atoms with Gasteiger partial charge in [0.05, 0.1) is 12.1 Å². The highest BCUT2D eigenvalue weighted by Gasteiger charge is 2.17. The lowest BCUT2D eigenvalue weighted by atomic mass is 10.0. The molecule has 0 bridgehead atoms. The molecule has 2 aromatic heterocycles. The van der Waals surface area contributed by atoms with Gasteiger partial charge in [-0.25, -0.2) is 9.97 Å². The average molecular weight is 305 g/mol. The maximum absolute atomic E-state index is 6.49. The molecule has 1 aromatic carbocycles. The number of para-hydroxylation sites is 1. The summed E-state index contributed by atoms with van der Waals surface area (Å²) in [4.78, 5) is 8.47. The Hall–Kier alpha value is -1.84. The van der Waals surface area contributed by atoms with E-state index in [2.05, 4.69) is 9.97 Å². The topological polar surface area (TPSA) is 35.0 Å². The first-order chi connectivity index (χ1) is 9.72. The van der Waals surface area contributed by atoms with Gasteiger partial charge in [-0.2, -0.15) is 0 Å². The summed E-state index contributed by atoms with van der Waals surface area (Å²) >= 11 is 12.8. The van der Waals surface area contributed by atoms with Gasteiger partial charge in [0.2, 0.25) is 0 Å². The minimum atomic E-state index is 0.311. The monoisotopic (exact) mass is 304 g/mol. The largest absolute Gasteiger partial charge is 0.496 e. The molecule has 0 saturated heterocycles. The predicted molar refractivity (Wildman–Crippen MR) is 81.5 cm³/mol. The first-order valence-electron chi connectivity index (χ1n) is 5.95. The number of fused-ring (bicyclic) bond motifs is 1. The number of hydrogen-bond acceptors (Lipinski definition) is 3. The highest BCUT2D eigenvalue weighted by molar-refractivity contribution is 6.42. The lowest BCUT2D eigenvalue weighted by Crippen LogP contribution is -1.93. The minimum Gasteiger partial charge on any atom is -0.496 e. The van der Waals surface area contributed by atoms with Gasteiger partial charge in [0.15, 0.2) is 5.65 Å². The number of halogens is 2. The standard InChI is InChI=1S/C15H10Cl2N2O/c1-20-11-7-3-2-5-9(11)12-13(16)10-6-4-8-18-15(10)19-14(12)17/h2-8H,1H3. The highest BCUT2D eigenvalue weighted by atomic mass is 35.5. The molecular formula is C15H10Cl2N2O. The Balaban J connectivity index is 2.36. The zero-order valence-electron chi connectivity index (χ0n) is 10.6. The summed E-state index contributed by atoms with van der Waals surface area (Å²) < 4.78 is 5.36. The van der Waals surface area contributed by atoms with Gasteiger partial charge in [-0.05, 0) is 18.2 Å². The van der Waals surface area contributed by atoms with Crippen molar-refractivity contribution in [2.75, 3.05) is 7.11 Å². The molecule has 0 fully saturated rings. The van der Waals surface area contributed by atoms with Gasteiger partial charge in [-0.1, -0.05) is 41.4 Å². The van der Waals surface area contributed by atoms with Gasteiger partial charge >= 0.3 is 0 Å². The second-order valence-corrected chi connectivity index (χ2v) is 4.90. The van der Waals surface area contributed by atoms with Gasteiger partial charge in [-0.3, -0.25) is 0 Å². The number of hydrogen-bond donors (Lipinski definition) is 0. The molecule has 3 rings (SSSR count). The van der Waals surface area contributed by atoms with Crippen LogP contribution >= 0.6 is 23.2 Å². The Bertz CT molecular complexity index is 790. The lowest BCUT2D eigenvalue weighted by molar-refractivity contribution is 0.416. The van der Waals surface area contributed by atoms with Gasteiger partial charge in [0.25, 0.3) is 0 Å². The number of ether oxygens (including phenoxy) is 1. The molecule has 0 aliphatic rings. The molecular weight excluding hydrogens is 295 g/mol. The Kier molecular flexibility index (Phi) is 3.47. The average Bonchev–Trinajstić information content (AvgIpc) is 2.48. The fraction of sp³-hybridized carbons (Fsp3) is 0.0667. The van der Waals surface area contributed by atoms with E-state index < -0.39 is 0 Å². The fourth-order valence-electron chi connectivity index (χ4n) is 2.11. The van der Waals surface area contributed by atoms with Crippen molar-refractivity contribution >= 4 is 34.2 Å². The number of methoxy groups -OCH3 is 1. The van der Waals surface area contributed by atoms with E-state index in [0.29, 0.717) is 27.1 Å². The van der Waals surface area contributed by atoms with Crippen molar-refractivity contribution in [3.05, 3.63) is 52.8 Å². The van der Waals surface area contributed by atoms with Crippen LogP contribution in [0.1, 0.15) is 0 Å². The molecule has 0 spiro atoms. The van der Waals surface area contributed by atoms with E-state index in [9.17, 15) is 0 Å². The molecule has 0 N–H and O–H groups in total. The van der Waals surface area contributed by atoms with Crippen molar-refractivity contribution in [3.8, 4) is 16.9 Å². The smallest absolute Gasteiger partial charge is 0.162 e. The zero-order valence-corrected chi connectivity index (χ0v) is 12.1. The molecule has 3 nitrogen and oxygen atoms in total. The van der Waals surface area contributed by atoms with Crippen LogP contribution < -0.4 is 4.74 Å². The SMILES string of the molecule is COc1ccccc1-c1c(Cl)nc2ncccc2c1Cl. The fourth-order valence-corrected chi connectivity index (χ4v) is 2.78. The molecule has 5 heteroatoms. The molecule has 2 heterocycles. The number of nitrogens with zero attached hydrogens (tertiary/aromatic N) is 2. The third-order valence-corrected chi connectivity index (χ3v) is 3.70. The first kappa shape index (κ1) is 13.2. The van der Waals surface area contributed by atoms with E-state index in [1.54, 1.807) is 13.3 Å². The van der Waals surface area contributed by atoms with Crippen LogP contribution in [0.3, 0.4) is 0 Å². The van der Waals surface area contributed by atoms with Crippen molar-refractivity contribution in [1.29, 1.82) is 0 Å². The van der Waals surface area contributed by atoms with Crippen LogP contribution in [0.4, 0.5) is 0 Å². The number of pyridine rings is 2. The van der Waals surface area contributed by atoms with Crippen molar-refractivity contribution in [2.45, 2.75) is 0 Å². The van der Waals surface area contributed by atoms with Crippen LogP contribution in [0.25, 0.3) is 22.2 Å². The van der Waals surface area contributed by atoms with E-state index in [-0.39, 0.29) is 0 Å². The number of aromatic nitrogens is 2. The molecule has 0 aliphatic heterocycles. The zero-order chi connectivity index (χ0) is 14.1. The van der Waals surface area contributed by atoms with E-state index in [4.69, 9.17) is 27.9 Å². The molecule has 0 unspecified atom stereocenters. The second kappa shape index (κ2) is 5.27. The molecule has 20 heavy (non-hydrogen) atoms. The van der Waals surface area contributed by atoms with Crippen molar-refractivity contribution in [1.82, 2.24) is 9.97 Å². The van der Waals surface area contributed by atoms with E-state index in [1.165, 1.54) is 0 Å². The van der Waals surface area contributed by atoms with Gasteiger partial charge in [-0.15, -0.1) is 0 Å². The summed E-state index contributed by atoms with van der Waals surface area (Å²) in [5.41, 5.74) is 2.00. The van der Waals surface area contributed by atoms with Gasteiger partial charge in [0.1, 0.15) is 10.9 Å². The third kappa shape index (κ3) is 2.09. The second-order valence-electron chi connectivity index (χ2n) is 4.17. The van der Waals surface area contributed by atoms with Crippen molar-refractivity contribution in [3.63, 3.8) is 0 Å². The summed E-state index contributed by atoms with van der Waals surface area (Å²) in [7, 11) is 1.61. The van der Waals surface area contributed by atoms with Crippen LogP contribution in [-0.4, -0.2) is 17.1 Å². The summed E-state index contributed by atoms with van der Waals surface area (Å²) in [6, 6.07) is 11.2. The first-order valence-corrected chi connectivity index (χ1v) is 6.71. The van der Waals surface area contributed by atoms with Crippen LogP contribution in [0, 0.1) is 0 Å². The Morgan fingerprint density at radius 1 is 1.05 bits per heavy atom. The summed E-state index contributed by atoms with van der Waals surface area (Å²) in [6.07, 6.45) is 1.66. The normalized spacial score (nSPS) is 10.8. The summed E-state index contributed by atoms with van der Waals surface area (Å²) in [6.45, 7) is 0. The predicted octanol–water partition coefficient (Wildman–Crippen LogP) is 4.61. The van der Waals surface area contributed by atoms with Crippen molar-refractivity contribution < 1.29 is 4.74 Å². The number of rotatable bonds is 2. The molecule has 0 atom stereocenters. The van der Waals surface area contributed by atoms with E-state index in [1.807, 2.05) is 36.4 Å². The maximum atomic E-state index is 6.49. The van der Waals surface area contributed by atoms with Crippen LogP contribution in [0.15, 0.2) is 42.6 Å². The molecule has 0 amide bonds. The Morgan fingerprint density at radius 2 is 1.85 bits per heavy atom. The Morgan fingerprint density at radius 3 is 2.65 bits per heavy atom. The third-order valence-electron chi connectivity index (χ3n) is 3.03. The van der Waals surface area contributed by atoms with Gasteiger partial charge < -0.3 is 4.74 Å². The lowest BCUT2D eigenvalue weighted by Gasteiger charge is -2.12. The molecule has 0 radical (unpaired) electrons. The summed E-state index contributed by atoms with van der Waals surface area (Å²) in [5.74, 6) is 0.696. The maximum Gasteiger partial charge on any atom is 0.162 e. The quantitative estimate of drug-likeness (QED) is 0.648. The van der Waals surface area contributed by atoms with E-state index >= 15 is 0 Å². The summed E-state index contributed by atoms with van der Waals surface area (Å²) in [5, 5.41) is 1.60. The van der Waals surface area contributed by atoms with Gasteiger partial charge in [0, 0.05) is 22.7 Å². The Labute approximate surface area is 126 Å². The number of benzene rings is 1. The highest BCUT2D eigenvalue weighted by Crippen LogP contribution is 2.41. The van der Waals surface area contributed by atoms with E-state index in [0.717, 1.165) is 10.9 Å².